The number of nitrogens with zero attached hydrogens (tertiary/aromatic N) is 1. The van der Waals surface area contributed by atoms with Gasteiger partial charge in [-0.2, -0.15) is 0 Å². The van der Waals surface area contributed by atoms with Gasteiger partial charge in [-0.05, 0) is 62.0 Å². The van der Waals surface area contributed by atoms with Crippen molar-refractivity contribution in [2.24, 2.45) is 11.8 Å². The van der Waals surface area contributed by atoms with Crippen molar-refractivity contribution >= 4 is 0 Å². The van der Waals surface area contributed by atoms with Crippen LogP contribution >= 0.6 is 0 Å². The summed E-state index contributed by atoms with van der Waals surface area (Å²) in [4.78, 5) is 2.56. The monoisotopic (exact) mass is 274 g/mol. The van der Waals surface area contributed by atoms with E-state index in [1.165, 1.54) is 24.1 Å². The summed E-state index contributed by atoms with van der Waals surface area (Å²) in [6, 6.07) is 7.49. The van der Waals surface area contributed by atoms with Crippen LogP contribution in [0, 0.1) is 11.8 Å². The second-order valence-corrected chi connectivity index (χ2v) is 6.52. The molecule has 0 bridgehead atoms. The molecule has 1 aromatic rings. The third-order valence-corrected chi connectivity index (χ3v) is 5.18. The minimum absolute atomic E-state index is 0.416. The maximum Gasteiger partial charge on any atom is 0.119 e. The zero-order chi connectivity index (χ0) is 14.3. The Morgan fingerprint density at radius 1 is 1.40 bits per heavy atom. The molecule has 20 heavy (non-hydrogen) atoms. The maximum absolute atomic E-state index is 5.38. The van der Waals surface area contributed by atoms with Crippen LogP contribution < -0.4 is 10.1 Å². The Hall–Kier alpha value is -1.06. The number of hydrogen-bond donors (Lipinski definition) is 1. The van der Waals surface area contributed by atoms with Crippen molar-refractivity contribution in [3.8, 4) is 5.75 Å². The molecule has 4 atom stereocenters. The molecule has 1 fully saturated rings. The summed E-state index contributed by atoms with van der Waals surface area (Å²) >= 11 is 0. The molecule has 0 amide bonds. The van der Waals surface area contributed by atoms with E-state index in [1.807, 2.05) is 0 Å². The number of nitrogens with one attached hydrogen (secondary N) is 1. The van der Waals surface area contributed by atoms with Gasteiger partial charge in [-0.3, -0.25) is 0 Å². The first kappa shape index (κ1) is 13.9. The van der Waals surface area contributed by atoms with Gasteiger partial charge in [0.1, 0.15) is 5.75 Å². The van der Waals surface area contributed by atoms with E-state index in [0.717, 1.165) is 24.0 Å². The van der Waals surface area contributed by atoms with Gasteiger partial charge in [-0.15, -0.1) is 0 Å². The number of ether oxygens (including phenoxy) is 1. The molecule has 4 unspecified atom stereocenters. The first-order valence-electron chi connectivity index (χ1n) is 7.68. The molecule has 2 aliphatic carbocycles. The SMILES string of the molecule is CNC1c2cc(OC)ccc2CC1N(C)CC1CC1C. The third-order valence-electron chi connectivity index (χ3n) is 5.18. The van der Waals surface area contributed by atoms with Crippen LogP contribution in [0.4, 0.5) is 0 Å². The Bertz CT molecular complexity index is 488. The Labute approximate surface area is 122 Å². The molecule has 1 N–H and O–H groups in total. The molecule has 1 saturated carbocycles. The van der Waals surface area contributed by atoms with Gasteiger partial charge in [-0.25, -0.2) is 0 Å². The highest BCUT2D eigenvalue weighted by molar-refractivity contribution is 5.42. The van der Waals surface area contributed by atoms with Gasteiger partial charge >= 0.3 is 0 Å². The topological polar surface area (TPSA) is 24.5 Å². The molecule has 0 radical (unpaired) electrons. The van der Waals surface area contributed by atoms with E-state index < -0.39 is 0 Å². The van der Waals surface area contributed by atoms with Crippen LogP contribution in [0.25, 0.3) is 0 Å². The van der Waals surface area contributed by atoms with Crippen molar-refractivity contribution in [1.82, 2.24) is 10.2 Å². The van der Waals surface area contributed by atoms with E-state index in [1.54, 1.807) is 7.11 Å². The quantitative estimate of drug-likeness (QED) is 0.892. The average Bonchev–Trinajstić information content (AvgIpc) is 3.02. The Morgan fingerprint density at radius 2 is 2.15 bits per heavy atom. The molecule has 0 heterocycles. The second-order valence-electron chi connectivity index (χ2n) is 6.52. The number of fused-ring (bicyclic) bond motifs is 1. The molecule has 1 aromatic carbocycles. The van der Waals surface area contributed by atoms with Crippen molar-refractivity contribution in [2.45, 2.75) is 31.8 Å². The van der Waals surface area contributed by atoms with Crippen LogP contribution in [0.3, 0.4) is 0 Å². The van der Waals surface area contributed by atoms with E-state index in [0.29, 0.717) is 12.1 Å². The fourth-order valence-electron chi connectivity index (χ4n) is 3.64. The Morgan fingerprint density at radius 3 is 2.75 bits per heavy atom. The predicted octanol–water partition coefficient (Wildman–Crippen LogP) is 2.47. The number of methoxy groups -OCH3 is 1. The molecular formula is C17H26N2O. The highest BCUT2D eigenvalue weighted by Crippen LogP contribution is 2.41. The predicted molar refractivity (Wildman–Crippen MR) is 82.2 cm³/mol. The number of hydrogen-bond acceptors (Lipinski definition) is 3. The van der Waals surface area contributed by atoms with Gasteiger partial charge in [0.15, 0.2) is 0 Å². The summed E-state index contributed by atoms with van der Waals surface area (Å²) < 4.78 is 5.38. The molecule has 3 heteroatoms. The van der Waals surface area contributed by atoms with E-state index in [9.17, 15) is 0 Å². The normalized spacial score (nSPS) is 31.4. The first-order chi connectivity index (χ1) is 9.63. The number of rotatable bonds is 5. The third kappa shape index (κ3) is 2.45. The summed E-state index contributed by atoms with van der Waals surface area (Å²) in [7, 11) is 6.09. The molecule has 110 valence electrons. The van der Waals surface area contributed by atoms with Crippen molar-refractivity contribution in [2.75, 3.05) is 27.7 Å². The van der Waals surface area contributed by atoms with E-state index in [2.05, 4.69) is 49.4 Å². The lowest BCUT2D eigenvalue weighted by Gasteiger charge is -2.30. The molecule has 0 aliphatic heterocycles. The Balaban J connectivity index is 1.77. The van der Waals surface area contributed by atoms with Crippen LogP contribution in [-0.2, 0) is 6.42 Å². The highest BCUT2D eigenvalue weighted by Gasteiger charge is 2.39. The first-order valence-corrected chi connectivity index (χ1v) is 7.68. The van der Waals surface area contributed by atoms with Crippen LogP contribution in [-0.4, -0.2) is 38.7 Å². The number of benzene rings is 1. The molecule has 0 aromatic heterocycles. The fourth-order valence-corrected chi connectivity index (χ4v) is 3.64. The van der Waals surface area contributed by atoms with Crippen molar-refractivity contribution < 1.29 is 4.74 Å². The summed E-state index contributed by atoms with van der Waals surface area (Å²) in [5.41, 5.74) is 2.87. The van der Waals surface area contributed by atoms with Gasteiger partial charge in [0.05, 0.1) is 7.11 Å². The maximum atomic E-state index is 5.38. The molecule has 0 saturated heterocycles. The largest absolute Gasteiger partial charge is 0.497 e. The van der Waals surface area contributed by atoms with Crippen LogP contribution in [0.2, 0.25) is 0 Å². The molecule has 0 spiro atoms. The van der Waals surface area contributed by atoms with Crippen molar-refractivity contribution in [3.63, 3.8) is 0 Å². The van der Waals surface area contributed by atoms with Gasteiger partial charge in [0, 0.05) is 18.6 Å². The van der Waals surface area contributed by atoms with Crippen LogP contribution in [0.1, 0.15) is 30.5 Å². The second kappa shape index (κ2) is 5.38. The van der Waals surface area contributed by atoms with E-state index in [4.69, 9.17) is 4.74 Å². The van der Waals surface area contributed by atoms with Crippen LogP contribution in [0.5, 0.6) is 5.75 Å². The highest BCUT2D eigenvalue weighted by atomic mass is 16.5. The van der Waals surface area contributed by atoms with Gasteiger partial charge in [0.2, 0.25) is 0 Å². The molecule has 2 aliphatic rings. The van der Waals surface area contributed by atoms with Crippen molar-refractivity contribution in [3.05, 3.63) is 29.3 Å². The molecular weight excluding hydrogens is 248 g/mol. The molecule has 3 rings (SSSR count). The lowest BCUT2D eigenvalue weighted by atomic mass is 10.1. The van der Waals surface area contributed by atoms with Gasteiger partial charge in [0.25, 0.3) is 0 Å². The van der Waals surface area contributed by atoms with Gasteiger partial charge < -0.3 is 15.0 Å². The van der Waals surface area contributed by atoms with E-state index >= 15 is 0 Å². The van der Waals surface area contributed by atoms with Crippen molar-refractivity contribution in [1.29, 1.82) is 0 Å². The Kier molecular flexibility index (Phi) is 3.74. The fraction of sp³-hybridized carbons (Fsp3) is 0.647. The smallest absolute Gasteiger partial charge is 0.119 e. The van der Waals surface area contributed by atoms with Gasteiger partial charge in [-0.1, -0.05) is 13.0 Å². The zero-order valence-electron chi connectivity index (χ0n) is 13.0. The molecule has 3 nitrogen and oxygen atoms in total. The summed E-state index contributed by atoms with van der Waals surface area (Å²) in [5, 5.41) is 3.51. The summed E-state index contributed by atoms with van der Waals surface area (Å²) in [6.07, 6.45) is 2.55. The minimum Gasteiger partial charge on any atom is -0.497 e. The minimum atomic E-state index is 0.416. The van der Waals surface area contributed by atoms with E-state index in [-0.39, 0.29) is 0 Å². The zero-order valence-corrected chi connectivity index (χ0v) is 13.0. The lowest BCUT2D eigenvalue weighted by molar-refractivity contribution is 0.198. The summed E-state index contributed by atoms with van der Waals surface area (Å²) in [6.45, 7) is 3.59. The standard InChI is InChI=1S/C17H26N2O/c1-11-7-13(11)10-19(3)16-8-12-5-6-14(20-4)9-15(12)17(16)18-2/h5-6,9,11,13,16-18H,7-8,10H2,1-4H3. The summed E-state index contributed by atoms with van der Waals surface area (Å²) in [5.74, 6) is 2.80. The van der Waals surface area contributed by atoms with Crippen LogP contribution in [0.15, 0.2) is 18.2 Å². The number of likely N-dealkylation sites (N-methyl/N-ethyl adjacent to an activating group) is 2. The lowest BCUT2D eigenvalue weighted by Crippen LogP contribution is -2.40. The average molecular weight is 274 g/mol.